The van der Waals surface area contributed by atoms with Gasteiger partial charge >= 0.3 is 0 Å². The molecule has 0 saturated carbocycles. The van der Waals surface area contributed by atoms with E-state index in [0.717, 1.165) is 12.8 Å². The van der Waals surface area contributed by atoms with Crippen LogP contribution in [0.15, 0.2) is 17.2 Å². The minimum atomic E-state index is -3.66. The number of hydrogen-bond donors (Lipinski definition) is 3. The number of hydrogen-bond acceptors (Lipinski definition) is 5. The summed E-state index contributed by atoms with van der Waals surface area (Å²) in [6, 6.07) is 1.35. The third-order valence-electron chi connectivity index (χ3n) is 4.31. The van der Waals surface area contributed by atoms with E-state index < -0.39 is 10.0 Å². The molecule has 8 nitrogen and oxygen atoms in total. The van der Waals surface area contributed by atoms with Crippen molar-refractivity contribution in [2.45, 2.75) is 30.7 Å². The number of nitrogens with two attached hydrogens (primary N) is 1. The van der Waals surface area contributed by atoms with Gasteiger partial charge in [-0.1, -0.05) is 6.92 Å². The number of amides is 1. The largest absolute Gasteiger partial charge is 0.383 e. The van der Waals surface area contributed by atoms with Crippen molar-refractivity contribution in [3.8, 4) is 0 Å². The Morgan fingerprint density at radius 3 is 2.88 bits per heavy atom. The van der Waals surface area contributed by atoms with Crippen molar-refractivity contribution in [1.82, 2.24) is 14.6 Å². The van der Waals surface area contributed by atoms with Crippen molar-refractivity contribution >= 4 is 28.3 Å². The number of piperidine rings is 1. The van der Waals surface area contributed by atoms with Crippen molar-refractivity contribution < 1.29 is 17.9 Å². The summed E-state index contributed by atoms with van der Waals surface area (Å²) >= 11 is 0. The summed E-state index contributed by atoms with van der Waals surface area (Å²) < 4.78 is 31.5. The molecule has 1 aromatic rings. The smallest absolute Gasteiger partial charge is 0.270 e. The zero-order valence-corrected chi connectivity index (χ0v) is 16.2. The highest BCUT2D eigenvalue weighted by molar-refractivity contribution is 7.89. The first-order valence-electron chi connectivity index (χ1n) is 8.07. The first-order chi connectivity index (χ1) is 11.4. The number of nitrogens with zero attached hydrogens (tertiary/aromatic N) is 1. The predicted octanol–water partition coefficient (Wildman–Crippen LogP) is 0.561. The maximum Gasteiger partial charge on any atom is 0.270 e. The lowest BCUT2D eigenvalue weighted by molar-refractivity contribution is 0.0568. The molecule has 1 amide bonds. The minimum Gasteiger partial charge on any atom is -0.383 e. The van der Waals surface area contributed by atoms with Gasteiger partial charge in [-0.05, 0) is 24.8 Å². The maximum absolute atomic E-state index is 12.7. The average molecular weight is 395 g/mol. The van der Waals surface area contributed by atoms with Crippen LogP contribution in [-0.2, 0) is 14.8 Å². The van der Waals surface area contributed by atoms with Gasteiger partial charge in [0.05, 0.1) is 6.61 Å². The van der Waals surface area contributed by atoms with E-state index in [9.17, 15) is 13.2 Å². The molecule has 1 aliphatic rings. The molecule has 2 unspecified atom stereocenters. The van der Waals surface area contributed by atoms with Crippen LogP contribution in [0.2, 0.25) is 0 Å². The van der Waals surface area contributed by atoms with Crippen molar-refractivity contribution in [2.24, 2.45) is 11.7 Å². The highest BCUT2D eigenvalue weighted by Crippen LogP contribution is 2.24. The highest BCUT2D eigenvalue weighted by atomic mass is 35.5. The Morgan fingerprint density at radius 1 is 1.52 bits per heavy atom. The molecule has 1 fully saturated rings. The van der Waals surface area contributed by atoms with E-state index in [2.05, 4.69) is 16.6 Å². The third-order valence-corrected chi connectivity index (χ3v) is 5.75. The van der Waals surface area contributed by atoms with Crippen LogP contribution in [0.4, 0.5) is 0 Å². The molecule has 2 atom stereocenters. The zero-order chi connectivity index (χ0) is 17.7. The molecule has 0 radical (unpaired) electrons. The number of carbonyl (C=O) groups excluding carboxylic acids is 1. The quantitative estimate of drug-likeness (QED) is 0.584. The first-order valence-corrected chi connectivity index (χ1v) is 9.55. The molecular weight excluding hydrogens is 368 g/mol. The van der Waals surface area contributed by atoms with E-state index >= 15 is 0 Å². The van der Waals surface area contributed by atoms with Crippen LogP contribution in [0.1, 0.15) is 30.3 Å². The van der Waals surface area contributed by atoms with Gasteiger partial charge in [-0.2, -0.15) is 0 Å². The van der Waals surface area contributed by atoms with Gasteiger partial charge < -0.3 is 20.4 Å². The molecule has 0 spiro atoms. The van der Waals surface area contributed by atoms with Gasteiger partial charge in [0, 0.05) is 39.0 Å². The predicted molar refractivity (Wildman–Crippen MR) is 97.4 cm³/mol. The van der Waals surface area contributed by atoms with Crippen molar-refractivity contribution in [2.75, 3.05) is 33.4 Å². The van der Waals surface area contributed by atoms with Crippen LogP contribution in [0.5, 0.6) is 0 Å². The summed E-state index contributed by atoms with van der Waals surface area (Å²) in [6.45, 7) is 3.64. The Hall–Kier alpha value is -1.13. The lowest BCUT2D eigenvalue weighted by Crippen LogP contribution is -2.49. The molecule has 1 saturated heterocycles. The van der Waals surface area contributed by atoms with Gasteiger partial charge in [0.25, 0.3) is 5.91 Å². The normalized spacial score (nSPS) is 21.0. The molecule has 0 aliphatic carbocycles. The summed E-state index contributed by atoms with van der Waals surface area (Å²) in [7, 11) is -2.17. The number of aromatic amines is 1. The number of H-pyrrole nitrogens is 1. The van der Waals surface area contributed by atoms with Crippen LogP contribution < -0.4 is 10.5 Å². The molecule has 2 rings (SSSR count). The Morgan fingerprint density at radius 2 is 2.24 bits per heavy atom. The second-order valence-electron chi connectivity index (χ2n) is 6.16. The average Bonchev–Trinajstić information content (AvgIpc) is 3.05. The maximum atomic E-state index is 12.7. The molecule has 144 valence electrons. The van der Waals surface area contributed by atoms with Gasteiger partial charge in [0.1, 0.15) is 10.6 Å². The second-order valence-corrected chi connectivity index (χ2v) is 7.92. The van der Waals surface area contributed by atoms with Crippen LogP contribution in [0.3, 0.4) is 0 Å². The van der Waals surface area contributed by atoms with E-state index in [4.69, 9.17) is 10.5 Å². The topological polar surface area (TPSA) is 118 Å². The lowest BCUT2D eigenvalue weighted by Gasteiger charge is -2.37. The number of rotatable bonds is 7. The fraction of sp³-hybridized carbons (Fsp3) is 0.667. The van der Waals surface area contributed by atoms with Crippen LogP contribution >= 0.6 is 12.4 Å². The Labute approximate surface area is 154 Å². The lowest BCUT2D eigenvalue weighted by atomic mass is 9.92. The Balaban J connectivity index is 0.00000312. The fourth-order valence-corrected chi connectivity index (χ4v) is 3.92. The summed E-state index contributed by atoms with van der Waals surface area (Å²) in [5.41, 5.74) is 6.05. The minimum absolute atomic E-state index is 0. The number of carbonyl (C=O) groups is 1. The van der Waals surface area contributed by atoms with Gasteiger partial charge in [-0.3, -0.25) is 4.79 Å². The summed E-state index contributed by atoms with van der Waals surface area (Å²) in [5.74, 6) is 0.322. The molecule has 4 N–H and O–H groups in total. The molecular formula is C15H27ClN4O4S. The number of ether oxygens (including phenoxy) is 1. The van der Waals surface area contributed by atoms with Gasteiger partial charge in [0.15, 0.2) is 0 Å². The number of sulfonamides is 1. The number of likely N-dealkylation sites (tertiary alicyclic amines) is 1. The van der Waals surface area contributed by atoms with E-state index in [1.165, 1.54) is 19.4 Å². The summed E-state index contributed by atoms with van der Waals surface area (Å²) in [4.78, 5) is 17.2. The standard InChI is InChI=1S/C15H26N4O4S.ClH/c1-11-3-5-19(12(7-11)9-16)15(20)14-8-13(10-17-14)24(21,22)18-4-6-23-2;/h8,10-12,17-18H,3-7,9,16H2,1-2H3;1H. The highest BCUT2D eigenvalue weighted by Gasteiger charge is 2.30. The van der Waals surface area contributed by atoms with E-state index in [-0.39, 0.29) is 48.1 Å². The molecule has 0 bridgehead atoms. The van der Waals surface area contributed by atoms with Crippen LogP contribution in [0, 0.1) is 5.92 Å². The van der Waals surface area contributed by atoms with Crippen LogP contribution in [-0.4, -0.2) is 63.6 Å². The van der Waals surface area contributed by atoms with Gasteiger partial charge in [0.2, 0.25) is 10.0 Å². The Kier molecular flexibility index (Phi) is 8.36. The molecule has 2 heterocycles. The van der Waals surface area contributed by atoms with E-state index in [1.807, 2.05) is 0 Å². The van der Waals surface area contributed by atoms with E-state index in [0.29, 0.717) is 19.0 Å². The number of methoxy groups -OCH3 is 1. The molecule has 1 aromatic heterocycles. The molecule has 25 heavy (non-hydrogen) atoms. The third kappa shape index (κ3) is 5.42. The molecule has 10 heteroatoms. The number of nitrogens with one attached hydrogen (secondary N) is 2. The van der Waals surface area contributed by atoms with Crippen LogP contribution in [0.25, 0.3) is 0 Å². The second kappa shape index (κ2) is 9.54. The SMILES string of the molecule is COCCNS(=O)(=O)c1c[nH]c(C(=O)N2CCC(C)CC2CN)c1.Cl. The van der Waals surface area contributed by atoms with Gasteiger partial charge in [-0.25, -0.2) is 13.1 Å². The van der Waals surface area contributed by atoms with Crippen molar-refractivity contribution in [3.63, 3.8) is 0 Å². The monoisotopic (exact) mass is 394 g/mol. The fourth-order valence-electron chi connectivity index (χ4n) is 2.91. The van der Waals surface area contributed by atoms with Crippen molar-refractivity contribution in [3.05, 3.63) is 18.0 Å². The van der Waals surface area contributed by atoms with Crippen molar-refractivity contribution in [1.29, 1.82) is 0 Å². The molecule has 1 aliphatic heterocycles. The van der Waals surface area contributed by atoms with Gasteiger partial charge in [-0.15, -0.1) is 12.4 Å². The number of halogens is 1. The number of aromatic nitrogens is 1. The summed E-state index contributed by atoms with van der Waals surface area (Å²) in [5, 5.41) is 0. The van der Waals surface area contributed by atoms with E-state index in [1.54, 1.807) is 4.90 Å². The zero-order valence-electron chi connectivity index (χ0n) is 14.5. The Bertz CT molecular complexity index is 664. The molecule has 0 aromatic carbocycles. The summed E-state index contributed by atoms with van der Waals surface area (Å²) in [6.07, 6.45) is 3.12. The first kappa shape index (κ1) is 21.9.